The lowest BCUT2D eigenvalue weighted by Gasteiger charge is -2.08. The molecule has 1 N–H and O–H groups in total. The summed E-state index contributed by atoms with van der Waals surface area (Å²) in [5.41, 5.74) is 0.642. The lowest BCUT2D eigenvalue weighted by Crippen LogP contribution is -2.20. The van der Waals surface area contributed by atoms with Crippen LogP contribution in [0.25, 0.3) is 0 Å². The Kier molecular flexibility index (Phi) is 4.20. The van der Waals surface area contributed by atoms with Crippen molar-refractivity contribution < 1.29 is 14.3 Å². The zero-order valence-corrected chi connectivity index (χ0v) is 10.9. The molecular weight excluding hydrogens is 230 g/mol. The predicted molar refractivity (Wildman–Crippen MR) is 69.5 cm³/mol. The van der Waals surface area contributed by atoms with Gasteiger partial charge in [-0.3, -0.25) is 4.79 Å². The van der Waals surface area contributed by atoms with Gasteiger partial charge in [0, 0.05) is 30.6 Å². The van der Waals surface area contributed by atoms with E-state index < -0.39 is 0 Å². The summed E-state index contributed by atoms with van der Waals surface area (Å²) in [6.07, 6.45) is 2.98. The van der Waals surface area contributed by atoms with Crippen molar-refractivity contribution in [2.24, 2.45) is 0 Å². The van der Waals surface area contributed by atoms with E-state index in [-0.39, 0.29) is 5.78 Å². The van der Waals surface area contributed by atoms with Crippen molar-refractivity contribution in [2.75, 3.05) is 20.8 Å². The third kappa shape index (κ3) is 3.47. The van der Waals surface area contributed by atoms with Crippen LogP contribution in [0.1, 0.15) is 29.6 Å². The van der Waals surface area contributed by atoms with Gasteiger partial charge in [0.25, 0.3) is 0 Å². The van der Waals surface area contributed by atoms with Crippen molar-refractivity contribution in [3.05, 3.63) is 23.8 Å². The number of ketones is 1. The molecule has 1 aromatic rings. The van der Waals surface area contributed by atoms with Gasteiger partial charge >= 0.3 is 0 Å². The normalized spacial score (nSPS) is 14.3. The highest BCUT2D eigenvalue weighted by molar-refractivity contribution is 5.97. The second-order valence-electron chi connectivity index (χ2n) is 4.50. The lowest BCUT2D eigenvalue weighted by molar-refractivity contribution is 0.0982. The minimum absolute atomic E-state index is 0.111. The summed E-state index contributed by atoms with van der Waals surface area (Å²) in [6.45, 7) is 0.739. The zero-order chi connectivity index (χ0) is 13.0. The molecule has 0 aromatic heterocycles. The first kappa shape index (κ1) is 12.9. The van der Waals surface area contributed by atoms with Crippen molar-refractivity contribution in [3.8, 4) is 11.5 Å². The first-order valence-corrected chi connectivity index (χ1v) is 6.22. The Morgan fingerprint density at radius 2 is 1.83 bits per heavy atom. The number of carbonyl (C=O) groups excluding carboxylic acids is 1. The molecule has 1 fully saturated rings. The molecular formula is C14H19NO3. The van der Waals surface area contributed by atoms with Crippen LogP contribution >= 0.6 is 0 Å². The average Bonchev–Trinajstić information content (AvgIpc) is 3.22. The first-order chi connectivity index (χ1) is 8.72. The fourth-order valence-electron chi connectivity index (χ4n) is 1.79. The SMILES string of the molecule is COc1cc(OC)cc(C(=O)CCNC2CC2)c1. The van der Waals surface area contributed by atoms with E-state index in [9.17, 15) is 4.79 Å². The number of carbonyl (C=O) groups is 1. The molecule has 1 aromatic carbocycles. The van der Waals surface area contributed by atoms with E-state index >= 15 is 0 Å². The summed E-state index contributed by atoms with van der Waals surface area (Å²) in [6, 6.07) is 5.90. The van der Waals surface area contributed by atoms with Gasteiger partial charge in [-0.1, -0.05) is 0 Å². The maximum absolute atomic E-state index is 12.0. The van der Waals surface area contributed by atoms with Crippen LogP contribution < -0.4 is 14.8 Å². The quantitative estimate of drug-likeness (QED) is 0.751. The molecule has 0 atom stereocenters. The molecule has 0 unspecified atom stereocenters. The largest absolute Gasteiger partial charge is 0.497 e. The fraction of sp³-hybridized carbons (Fsp3) is 0.500. The number of benzene rings is 1. The number of rotatable bonds is 7. The van der Waals surface area contributed by atoms with Gasteiger partial charge in [0.1, 0.15) is 11.5 Å². The van der Waals surface area contributed by atoms with Crippen molar-refractivity contribution in [1.82, 2.24) is 5.32 Å². The van der Waals surface area contributed by atoms with E-state index in [2.05, 4.69) is 5.32 Å². The Bertz CT molecular complexity index is 405. The fourth-order valence-corrected chi connectivity index (χ4v) is 1.79. The van der Waals surface area contributed by atoms with Gasteiger partial charge in [-0.2, -0.15) is 0 Å². The van der Waals surface area contributed by atoms with Crippen molar-refractivity contribution in [3.63, 3.8) is 0 Å². The predicted octanol–water partition coefficient (Wildman–Crippen LogP) is 2.03. The van der Waals surface area contributed by atoms with E-state index in [1.807, 2.05) is 0 Å². The van der Waals surface area contributed by atoms with Gasteiger partial charge in [-0.25, -0.2) is 0 Å². The van der Waals surface area contributed by atoms with E-state index in [4.69, 9.17) is 9.47 Å². The van der Waals surface area contributed by atoms with Crippen molar-refractivity contribution >= 4 is 5.78 Å². The van der Waals surface area contributed by atoms with Crippen molar-refractivity contribution in [1.29, 1.82) is 0 Å². The zero-order valence-electron chi connectivity index (χ0n) is 10.9. The molecule has 2 rings (SSSR count). The Morgan fingerprint density at radius 3 is 2.33 bits per heavy atom. The Labute approximate surface area is 107 Å². The van der Waals surface area contributed by atoms with E-state index in [1.54, 1.807) is 32.4 Å². The highest BCUT2D eigenvalue weighted by Gasteiger charge is 2.20. The summed E-state index contributed by atoms with van der Waals surface area (Å²) in [7, 11) is 3.16. The van der Waals surface area contributed by atoms with Gasteiger partial charge in [-0.15, -0.1) is 0 Å². The number of ether oxygens (including phenoxy) is 2. The van der Waals surface area contributed by atoms with Crippen LogP contribution in [0.5, 0.6) is 11.5 Å². The Hall–Kier alpha value is -1.55. The summed E-state index contributed by atoms with van der Waals surface area (Å²) < 4.78 is 10.3. The minimum Gasteiger partial charge on any atom is -0.497 e. The van der Waals surface area contributed by atoms with Crippen LogP contribution in [0.4, 0.5) is 0 Å². The van der Waals surface area contributed by atoms with E-state index in [0.717, 1.165) is 6.54 Å². The molecule has 0 amide bonds. The van der Waals surface area contributed by atoms with Crippen LogP contribution in [-0.4, -0.2) is 32.6 Å². The summed E-state index contributed by atoms with van der Waals surface area (Å²) >= 11 is 0. The highest BCUT2D eigenvalue weighted by atomic mass is 16.5. The number of Topliss-reactive ketones (excluding diaryl/α,β-unsaturated/α-hetero) is 1. The van der Waals surface area contributed by atoms with Crippen molar-refractivity contribution in [2.45, 2.75) is 25.3 Å². The third-order valence-corrected chi connectivity index (χ3v) is 3.04. The maximum atomic E-state index is 12.0. The maximum Gasteiger partial charge on any atom is 0.164 e. The molecule has 0 radical (unpaired) electrons. The van der Waals surface area contributed by atoms with Gasteiger partial charge < -0.3 is 14.8 Å². The molecule has 1 aliphatic rings. The number of hydrogen-bond donors (Lipinski definition) is 1. The minimum atomic E-state index is 0.111. The van der Waals surface area contributed by atoms with Crippen LogP contribution in [0.3, 0.4) is 0 Å². The molecule has 0 aliphatic heterocycles. The first-order valence-electron chi connectivity index (χ1n) is 6.22. The molecule has 98 valence electrons. The summed E-state index contributed by atoms with van der Waals surface area (Å²) in [5, 5.41) is 3.33. The molecule has 1 saturated carbocycles. The van der Waals surface area contributed by atoms with E-state index in [1.165, 1.54) is 12.8 Å². The van der Waals surface area contributed by atoms with Gasteiger partial charge in [0.2, 0.25) is 0 Å². The monoisotopic (exact) mass is 249 g/mol. The van der Waals surface area contributed by atoms with Crippen LogP contribution in [0, 0.1) is 0 Å². The smallest absolute Gasteiger partial charge is 0.164 e. The molecule has 0 spiro atoms. The third-order valence-electron chi connectivity index (χ3n) is 3.04. The molecule has 1 aliphatic carbocycles. The molecule has 0 saturated heterocycles. The van der Waals surface area contributed by atoms with E-state index in [0.29, 0.717) is 29.5 Å². The molecule has 0 heterocycles. The number of nitrogens with one attached hydrogen (secondary N) is 1. The second kappa shape index (κ2) is 5.87. The molecule has 4 nitrogen and oxygen atoms in total. The van der Waals surface area contributed by atoms with Gasteiger partial charge in [0.15, 0.2) is 5.78 Å². The second-order valence-corrected chi connectivity index (χ2v) is 4.50. The van der Waals surface area contributed by atoms with Crippen LogP contribution in [0.2, 0.25) is 0 Å². The topological polar surface area (TPSA) is 47.6 Å². The Morgan fingerprint density at radius 1 is 1.22 bits per heavy atom. The standard InChI is InChI=1S/C14H19NO3/c1-17-12-7-10(8-13(9-12)18-2)14(16)5-6-15-11-3-4-11/h7-9,11,15H,3-6H2,1-2H3. The highest BCUT2D eigenvalue weighted by Crippen LogP contribution is 2.23. The van der Waals surface area contributed by atoms with Gasteiger partial charge in [-0.05, 0) is 25.0 Å². The number of methoxy groups -OCH3 is 2. The summed E-state index contributed by atoms with van der Waals surface area (Å²) in [4.78, 5) is 12.0. The Balaban J connectivity index is 1.98. The number of hydrogen-bond acceptors (Lipinski definition) is 4. The van der Waals surface area contributed by atoms with Crippen LogP contribution in [0.15, 0.2) is 18.2 Å². The summed E-state index contributed by atoms with van der Waals surface area (Å²) in [5.74, 6) is 1.40. The molecule has 0 bridgehead atoms. The molecule has 4 heteroatoms. The van der Waals surface area contributed by atoms with Gasteiger partial charge in [0.05, 0.1) is 14.2 Å². The molecule has 18 heavy (non-hydrogen) atoms. The average molecular weight is 249 g/mol. The lowest BCUT2D eigenvalue weighted by atomic mass is 10.1. The van der Waals surface area contributed by atoms with Crippen LogP contribution in [-0.2, 0) is 0 Å².